The fourth-order valence-corrected chi connectivity index (χ4v) is 2.05. The molecule has 21 heavy (non-hydrogen) atoms. The maximum atomic E-state index is 12.4. The number of benzene rings is 1. The summed E-state index contributed by atoms with van der Waals surface area (Å²) in [4.78, 5) is 28.2. The number of amides is 1. The van der Waals surface area contributed by atoms with Gasteiger partial charge in [0.05, 0.1) is 18.2 Å². The first-order valence-electron chi connectivity index (χ1n) is 6.50. The molecule has 0 saturated carbocycles. The monoisotopic (exact) mass is 284 g/mol. The van der Waals surface area contributed by atoms with Gasteiger partial charge in [0, 0.05) is 11.6 Å². The Morgan fingerprint density at radius 2 is 2.14 bits per heavy atom. The van der Waals surface area contributed by atoms with Crippen molar-refractivity contribution in [3.05, 3.63) is 54.7 Å². The van der Waals surface area contributed by atoms with Crippen molar-refractivity contribution in [2.24, 2.45) is 0 Å². The van der Waals surface area contributed by atoms with Crippen molar-refractivity contribution in [1.82, 2.24) is 10.3 Å². The van der Waals surface area contributed by atoms with Gasteiger partial charge in [-0.1, -0.05) is 24.3 Å². The van der Waals surface area contributed by atoms with Crippen molar-refractivity contribution >= 4 is 22.8 Å². The third-order valence-electron chi connectivity index (χ3n) is 3.07. The molecule has 1 aromatic carbocycles. The number of hydrogen-bond acceptors (Lipinski definition) is 4. The molecule has 0 fully saturated rings. The second-order valence-corrected chi connectivity index (χ2v) is 4.45. The van der Waals surface area contributed by atoms with Gasteiger partial charge in [-0.3, -0.25) is 9.78 Å². The molecule has 1 amide bonds. The number of nitrogens with zero attached hydrogens (tertiary/aromatic N) is 1. The molecule has 2 aromatic rings. The van der Waals surface area contributed by atoms with Gasteiger partial charge in [-0.05, 0) is 18.6 Å². The van der Waals surface area contributed by atoms with Crippen LogP contribution in [0.25, 0.3) is 10.9 Å². The Balaban J connectivity index is 2.29. The molecule has 108 valence electrons. The van der Waals surface area contributed by atoms with Crippen LogP contribution < -0.4 is 5.32 Å². The highest BCUT2D eigenvalue weighted by Crippen LogP contribution is 2.16. The maximum absolute atomic E-state index is 12.4. The lowest BCUT2D eigenvalue weighted by Crippen LogP contribution is -2.41. The van der Waals surface area contributed by atoms with E-state index in [1.54, 1.807) is 30.5 Å². The van der Waals surface area contributed by atoms with E-state index in [1.807, 2.05) is 12.1 Å². The van der Waals surface area contributed by atoms with Crippen LogP contribution >= 0.6 is 0 Å². The summed E-state index contributed by atoms with van der Waals surface area (Å²) in [6.45, 7) is 3.58. The Morgan fingerprint density at radius 1 is 1.38 bits per heavy atom. The van der Waals surface area contributed by atoms with E-state index in [0.717, 1.165) is 5.39 Å². The van der Waals surface area contributed by atoms with Crippen molar-refractivity contribution < 1.29 is 14.3 Å². The van der Waals surface area contributed by atoms with E-state index >= 15 is 0 Å². The molecule has 0 unspecified atom stereocenters. The van der Waals surface area contributed by atoms with Crippen LogP contribution in [0.4, 0.5) is 0 Å². The molecular formula is C16H16N2O3. The van der Waals surface area contributed by atoms with Crippen molar-refractivity contribution in [2.45, 2.75) is 12.5 Å². The van der Waals surface area contributed by atoms with Gasteiger partial charge in [0.25, 0.3) is 5.91 Å². The van der Waals surface area contributed by atoms with Crippen molar-refractivity contribution in [1.29, 1.82) is 0 Å². The average Bonchev–Trinajstić information content (AvgIpc) is 2.53. The van der Waals surface area contributed by atoms with Crippen LogP contribution in [0, 0.1) is 0 Å². The van der Waals surface area contributed by atoms with Gasteiger partial charge in [-0.2, -0.15) is 0 Å². The number of pyridine rings is 1. The number of ether oxygens (including phenoxy) is 1. The summed E-state index contributed by atoms with van der Waals surface area (Å²) in [5, 5.41) is 3.52. The lowest BCUT2D eigenvalue weighted by Gasteiger charge is -2.15. The van der Waals surface area contributed by atoms with Gasteiger partial charge >= 0.3 is 5.97 Å². The lowest BCUT2D eigenvalue weighted by molar-refractivity contribution is -0.142. The van der Waals surface area contributed by atoms with Crippen LogP contribution in [-0.2, 0) is 9.53 Å². The van der Waals surface area contributed by atoms with E-state index in [-0.39, 0.29) is 5.91 Å². The number of rotatable bonds is 5. The molecule has 1 atom stereocenters. The normalized spacial score (nSPS) is 11.7. The maximum Gasteiger partial charge on any atom is 0.328 e. The Bertz CT molecular complexity index is 677. The highest BCUT2D eigenvalue weighted by molar-refractivity contribution is 6.06. The molecule has 0 radical (unpaired) electrons. The van der Waals surface area contributed by atoms with Gasteiger partial charge in [0.15, 0.2) is 0 Å². The van der Waals surface area contributed by atoms with Crippen LogP contribution in [-0.4, -0.2) is 30.0 Å². The molecule has 5 heteroatoms. The molecule has 0 spiro atoms. The Morgan fingerprint density at radius 3 is 2.86 bits per heavy atom. The molecule has 1 heterocycles. The van der Waals surface area contributed by atoms with E-state index in [2.05, 4.69) is 21.6 Å². The highest BCUT2D eigenvalue weighted by Gasteiger charge is 2.21. The minimum atomic E-state index is -0.751. The molecule has 0 aliphatic rings. The molecule has 0 bridgehead atoms. The van der Waals surface area contributed by atoms with Gasteiger partial charge in [0.2, 0.25) is 0 Å². The first-order chi connectivity index (χ1) is 10.2. The SMILES string of the molecule is C=CC[C@@H](NC(=O)c1cccc2cccnc12)C(=O)OC. The summed E-state index contributed by atoms with van der Waals surface area (Å²) < 4.78 is 4.67. The minimum absolute atomic E-state index is 0.302. The van der Waals surface area contributed by atoms with Gasteiger partial charge in [0.1, 0.15) is 6.04 Å². The third kappa shape index (κ3) is 3.25. The fraction of sp³-hybridized carbons (Fsp3) is 0.188. The smallest absolute Gasteiger partial charge is 0.328 e. The summed E-state index contributed by atoms with van der Waals surface area (Å²) in [5.41, 5.74) is 1.02. The topological polar surface area (TPSA) is 68.3 Å². The van der Waals surface area contributed by atoms with Crippen LogP contribution in [0.15, 0.2) is 49.2 Å². The van der Waals surface area contributed by atoms with Crippen molar-refractivity contribution in [2.75, 3.05) is 7.11 Å². The Labute approximate surface area is 122 Å². The van der Waals surface area contributed by atoms with Crippen LogP contribution in [0.5, 0.6) is 0 Å². The summed E-state index contributed by atoms with van der Waals surface area (Å²) >= 11 is 0. The zero-order valence-electron chi connectivity index (χ0n) is 11.7. The molecule has 5 nitrogen and oxygen atoms in total. The molecule has 0 aliphatic carbocycles. The minimum Gasteiger partial charge on any atom is -0.467 e. The van der Waals surface area contributed by atoms with E-state index in [0.29, 0.717) is 17.5 Å². The van der Waals surface area contributed by atoms with E-state index in [9.17, 15) is 9.59 Å². The zero-order valence-corrected chi connectivity index (χ0v) is 11.7. The number of aromatic nitrogens is 1. The molecule has 0 saturated heterocycles. The molecule has 0 aliphatic heterocycles. The second kappa shape index (κ2) is 6.65. The number of esters is 1. The molecule has 1 N–H and O–H groups in total. The number of fused-ring (bicyclic) bond motifs is 1. The van der Waals surface area contributed by atoms with E-state index in [4.69, 9.17) is 0 Å². The Kier molecular flexibility index (Phi) is 4.66. The molecule has 1 aromatic heterocycles. The number of methoxy groups -OCH3 is 1. The lowest BCUT2D eigenvalue weighted by atomic mass is 10.1. The first kappa shape index (κ1) is 14.7. The number of carbonyl (C=O) groups excluding carboxylic acids is 2. The number of para-hydroxylation sites is 1. The van der Waals surface area contributed by atoms with E-state index < -0.39 is 12.0 Å². The summed E-state index contributed by atoms with van der Waals surface area (Å²) in [5.74, 6) is -0.868. The predicted octanol–water partition coefficient (Wildman–Crippen LogP) is 2.08. The van der Waals surface area contributed by atoms with Gasteiger partial charge in [-0.25, -0.2) is 4.79 Å². The number of carbonyl (C=O) groups is 2. The standard InChI is InChI=1S/C16H16N2O3/c1-3-6-13(16(20)21-2)18-15(19)12-9-4-7-11-8-5-10-17-14(11)12/h3-5,7-10,13H,1,6H2,2H3,(H,18,19)/t13-/m1/s1. The average molecular weight is 284 g/mol. The molecular weight excluding hydrogens is 268 g/mol. The summed E-state index contributed by atoms with van der Waals surface area (Å²) in [6.07, 6.45) is 3.49. The van der Waals surface area contributed by atoms with Crippen molar-refractivity contribution in [3.8, 4) is 0 Å². The largest absolute Gasteiger partial charge is 0.467 e. The second-order valence-electron chi connectivity index (χ2n) is 4.45. The summed E-state index contributed by atoms with van der Waals surface area (Å²) in [6, 6.07) is 8.26. The number of hydrogen-bond donors (Lipinski definition) is 1. The quantitative estimate of drug-likeness (QED) is 0.674. The van der Waals surface area contributed by atoms with Gasteiger partial charge < -0.3 is 10.1 Å². The van der Waals surface area contributed by atoms with Crippen LogP contribution in [0.2, 0.25) is 0 Å². The Hall–Kier alpha value is -2.69. The number of nitrogens with one attached hydrogen (secondary N) is 1. The van der Waals surface area contributed by atoms with E-state index in [1.165, 1.54) is 7.11 Å². The highest BCUT2D eigenvalue weighted by atomic mass is 16.5. The van der Waals surface area contributed by atoms with Gasteiger partial charge in [-0.15, -0.1) is 6.58 Å². The van der Waals surface area contributed by atoms with Crippen molar-refractivity contribution in [3.63, 3.8) is 0 Å². The third-order valence-corrected chi connectivity index (χ3v) is 3.07. The van der Waals surface area contributed by atoms with Crippen LogP contribution in [0.1, 0.15) is 16.8 Å². The summed E-state index contributed by atoms with van der Waals surface area (Å²) in [7, 11) is 1.28. The zero-order chi connectivity index (χ0) is 15.2. The molecule has 2 rings (SSSR count). The fourth-order valence-electron chi connectivity index (χ4n) is 2.05. The first-order valence-corrected chi connectivity index (χ1v) is 6.50. The van der Waals surface area contributed by atoms with Crippen LogP contribution in [0.3, 0.4) is 0 Å². The predicted molar refractivity (Wildman–Crippen MR) is 79.8 cm³/mol.